The third kappa shape index (κ3) is 2.79. The lowest BCUT2D eigenvalue weighted by molar-refractivity contribution is 0.180. The number of imidazole rings is 1. The first-order valence-corrected chi connectivity index (χ1v) is 7.34. The molecule has 0 aliphatic carbocycles. The maximum absolute atomic E-state index is 13.5. The van der Waals surface area contributed by atoms with Crippen molar-refractivity contribution in [3.05, 3.63) is 46.2 Å². The molecule has 2 heterocycles. The van der Waals surface area contributed by atoms with Gasteiger partial charge in [0, 0.05) is 18.2 Å². The molecule has 2 N–H and O–H groups in total. The molecule has 2 unspecified atom stereocenters. The van der Waals surface area contributed by atoms with Gasteiger partial charge in [-0.3, -0.25) is 0 Å². The Kier molecular flexibility index (Phi) is 4.17. The first-order chi connectivity index (χ1) is 10.1. The second-order valence-electron chi connectivity index (χ2n) is 5.06. The van der Waals surface area contributed by atoms with Gasteiger partial charge in [-0.1, -0.05) is 23.2 Å². The zero-order valence-corrected chi connectivity index (χ0v) is 12.6. The molecule has 2 atom stereocenters. The van der Waals surface area contributed by atoms with Crippen LogP contribution < -0.4 is 5.73 Å². The van der Waals surface area contributed by atoms with Gasteiger partial charge in [-0.2, -0.15) is 0 Å². The van der Waals surface area contributed by atoms with Crippen molar-refractivity contribution < 1.29 is 9.13 Å². The lowest BCUT2D eigenvalue weighted by atomic mass is 9.97. The molecule has 112 valence electrons. The van der Waals surface area contributed by atoms with Crippen LogP contribution in [0.1, 0.15) is 18.2 Å². The fourth-order valence-corrected chi connectivity index (χ4v) is 3.00. The highest BCUT2D eigenvalue weighted by molar-refractivity contribution is 6.35. The van der Waals surface area contributed by atoms with E-state index in [1.165, 1.54) is 12.1 Å². The molecule has 0 bridgehead atoms. The highest BCUT2D eigenvalue weighted by Gasteiger charge is 2.26. The monoisotopic (exact) mass is 329 g/mol. The number of rotatable bonds is 3. The number of nitrogens with zero attached hydrogens (tertiary/aromatic N) is 2. The van der Waals surface area contributed by atoms with Crippen LogP contribution in [0.3, 0.4) is 0 Å². The van der Waals surface area contributed by atoms with Gasteiger partial charge >= 0.3 is 0 Å². The molecule has 0 radical (unpaired) electrons. The van der Waals surface area contributed by atoms with Crippen molar-refractivity contribution >= 4 is 23.2 Å². The normalized spacial score (nSPS) is 19.9. The molecule has 1 aliphatic heterocycles. The summed E-state index contributed by atoms with van der Waals surface area (Å²) in [5.74, 6) is -0.385. The maximum atomic E-state index is 13.5. The van der Waals surface area contributed by atoms with Crippen LogP contribution in [0, 0.1) is 11.7 Å². The summed E-state index contributed by atoms with van der Waals surface area (Å²) in [4.78, 5) is 4.13. The summed E-state index contributed by atoms with van der Waals surface area (Å²) >= 11 is 11.7. The van der Waals surface area contributed by atoms with Crippen molar-refractivity contribution in [2.45, 2.75) is 12.5 Å². The topological polar surface area (TPSA) is 53.1 Å². The smallest absolute Gasteiger partial charge is 0.160 e. The van der Waals surface area contributed by atoms with E-state index in [1.54, 1.807) is 17.1 Å². The number of hydrogen-bond acceptors (Lipinski definition) is 3. The Labute approximate surface area is 131 Å². The molecule has 2 aromatic rings. The Balaban J connectivity index is 1.98. The van der Waals surface area contributed by atoms with E-state index in [-0.39, 0.29) is 22.0 Å². The Hall–Kier alpha value is -1.14. The van der Waals surface area contributed by atoms with Gasteiger partial charge in [-0.05, 0) is 18.6 Å². The molecule has 0 amide bonds. The average molecular weight is 330 g/mol. The summed E-state index contributed by atoms with van der Waals surface area (Å²) in [6.45, 7) is 1.36. The third-order valence-corrected chi connectivity index (χ3v) is 4.28. The molecular weight excluding hydrogens is 316 g/mol. The fourth-order valence-electron chi connectivity index (χ4n) is 2.53. The van der Waals surface area contributed by atoms with Crippen LogP contribution in [0.5, 0.6) is 0 Å². The minimum Gasteiger partial charge on any atom is -0.381 e. The van der Waals surface area contributed by atoms with Crippen molar-refractivity contribution in [1.29, 1.82) is 0 Å². The van der Waals surface area contributed by atoms with Crippen LogP contribution in [0.4, 0.5) is 4.39 Å². The standard InChI is InChI=1S/C14H14Cl2FN3O/c15-10-3-9(4-11(16)13(10)17)20-7-19-5-12(20)14(18)8-1-2-21-6-8/h3-5,7-8,14H,1-2,6,18H2. The van der Waals surface area contributed by atoms with Crippen LogP contribution in [-0.2, 0) is 4.74 Å². The number of nitrogens with two attached hydrogens (primary N) is 1. The summed E-state index contributed by atoms with van der Waals surface area (Å²) in [6, 6.07) is 2.80. The zero-order valence-electron chi connectivity index (χ0n) is 11.1. The second-order valence-corrected chi connectivity index (χ2v) is 5.88. The van der Waals surface area contributed by atoms with Gasteiger partial charge in [0.05, 0.1) is 40.9 Å². The molecule has 1 aliphatic rings. The highest BCUT2D eigenvalue weighted by atomic mass is 35.5. The molecule has 1 fully saturated rings. The van der Waals surface area contributed by atoms with Gasteiger partial charge in [0.15, 0.2) is 5.82 Å². The van der Waals surface area contributed by atoms with E-state index < -0.39 is 5.82 Å². The Morgan fingerprint density at radius 3 is 2.71 bits per heavy atom. The van der Waals surface area contributed by atoms with Gasteiger partial charge in [0.25, 0.3) is 0 Å². The third-order valence-electron chi connectivity index (χ3n) is 3.73. The molecule has 7 heteroatoms. The number of ether oxygens (including phenoxy) is 1. The lowest BCUT2D eigenvalue weighted by Gasteiger charge is -2.19. The summed E-state index contributed by atoms with van der Waals surface area (Å²) in [6.07, 6.45) is 4.23. The number of aromatic nitrogens is 2. The minimum atomic E-state index is -0.628. The largest absolute Gasteiger partial charge is 0.381 e. The van der Waals surface area contributed by atoms with Gasteiger partial charge in [-0.15, -0.1) is 0 Å². The molecule has 0 saturated carbocycles. The lowest BCUT2D eigenvalue weighted by Crippen LogP contribution is -2.24. The van der Waals surface area contributed by atoms with Gasteiger partial charge in [0.2, 0.25) is 0 Å². The highest BCUT2D eigenvalue weighted by Crippen LogP contribution is 2.31. The first kappa shape index (κ1) is 14.8. The first-order valence-electron chi connectivity index (χ1n) is 6.58. The number of benzene rings is 1. The molecule has 21 heavy (non-hydrogen) atoms. The SMILES string of the molecule is NC(c1cncn1-c1cc(Cl)c(F)c(Cl)c1)C1CCOC1. The Bertz CT molecular complexity index is 632. The molecule has 1 aromatic carbocycles. The Morgan fingerprint density at radius 1 is 1.38 bits per heavy atom. The van der Waals surface area contributed by atoms with Gasteiger partial charge < -0.3 is 15.0 Å². The molecule has 4 nitrogen and oxygen atoms in total. The van der Waals surface area contributed by atoms with Crippen molar-refractivity contribution in [3.8, 4) is 5.69 Å². The quantitative estimate of drug-likeness (QED) is 0.878. The molecule has 1 aromatic heterocycles. The maximum Gasteiger partial charge on any atom is 0.160 e. The van der Waals surface area contributed by atoms with Crippen LogP contribution in [0.15, 0.2) is 24.7 Å². The zero-order chi connectivity index (χ0) is 15.0. The van der Waals surface area contributed by atoms with Crippen molar-refractivity contribution in [2.75, 3.05) is 13.2 Å². The van der Waals surface area contributed by atoms with E-state index in [9.17, 15) is 4.39 Å². The van der Waals surface area contributed by atoms with Crippen molar-refractivity contribution in [1.82, 2.24) is 9.55 Å². The summed E-state index contributed by atoms with van der Waals surface area (Å²) < 4.78 is 20.7. The van der Waals surface area contributed by atoms with Crippen LogP contribution in [0.2, 0.25) is 10.0 Å². The van der Waals surface area contributed by atoms with E-state index in [4.69, 9.17) is 33.7 Å². The predicted octanol–water partition coefficient (Wildman–Crippen LogP) is 3.35. The van der Waals surface area contributed by atoms with Crippen LogP contribution >= 0.6 is 23.2 Å². The molecule has 0 spiro atoms. The van der Waals surface area contributed by atoms with E-state index in [0.29, 0.717) is 12.3 Å². The minimum absolute atomic E-state index is 0.0325. The van der Waals surface area contributed by atoms with E-state index in [1.807, 2.05) is 0 Å². The fraction of sp³-hybridized carbons (Fsp3) is 0.357. The average Bonchev–Trinajstić information content (AvgIpc) is 3.14. The second kappa shape index (κ2) is 5.93. The van der Waals surface area contributed by atoms with E-state index in [2.05, 4.69) is 4.98 Å². The van der Waals surface area contributed by atoms with Crippen LogP contribution in [0.25, 0.3) is 5.69 Å². The van der Waals surface area contributed by atoms with E-state index >= 15 is 0 Å². The Morgan fingerprint density at radius 2 is 2.10 bits per heavy atom. The molecular formula is C14H14Cl2FN3O. The predicted molar refractivity (Wildman–Crippen MR) is 79.4 cm³/mol. The molecule has 1 saturated heterocycles. The van der Waals surface area contributed by atoms with Gasteiger partial charge in [-0.25, -0.2) is 9.37 Å². The summed E-state index contributed by atoms with van der Waals surface area (Å²) in [5, 5.41) is -0.0650. The number of hydrogen-bond donors (Lipinski definition) is 1. The summed E-state index contributed by atoms with van der Waals surface area (Å²) in [7, 11) is 0. The van der Waals surface area contributed by atoms with Crippen molar-refractivity contribution in [3.63, 3.8) is 0 Å². The van der Waals surface area contributed by atoms with Crippen molar-refractivity contribution in [2.24, 2.45) is 11.7 Å². The van der Waals surface area contributed by atoms with Crippen LogP contribution in [-0.4, -0.2) is 22.8 Å². The molecule has 3 rings (SSSR count). The van der Waals surface area contributed by atoms with Gasteiger partial charge in [0.1, 0.15) is 0 Å². The number of halogens is 3. The summed E-state index contributed by atoms with van der Waals surface area (Å²) in [5.41, 5.74) is 7.76. The van der Waals surface area contributed by atoms with E-state index in [0.717, 1.165) is 18.7 Å².